The first kappa shape index (κ1) is 12.8. The van der Waals surface area contributed by atoms with E-state index in [0.717, 1.165) is 18.5 Å². The third kappa shape index (κ3) is 2.41. The van der Waals surface area contributed by atoms with Crippen molar-refractivity contribution in [1.29, 1.82) is 0 Å². The highest BCUT2D eigenvalue weighted by Crippen LogP contribution is 2.34. The summed E-state index contributed by atoms with van der Waals surface area (Å²) in [5.74, 6) is -0.833. The predicted molar refractivity (Wildman–Crippen MR) is 72.0 cm³/mol. The van der Waals surface area contributed by atoms with Crippen LogP contribution < -0.4 is 15.4 Å². The van der Waals surface area contributed by atoms with Crippen LogP contribution in [-0.2, 0) is 4.79 Å². The van der Waals surface area contributed by atoms with Gasteiger partial charge in [-0.2, -0.15) is 0 Å². The summed E-state index contributed by atoms with van der Waals surface area (Å²) in [5.41, 5.74) is 1.14. The molecule has 1 heterocycles. The lowest BCUT2D eigenvalue weighted by molar-refractivity contribution is -0.139. The van der Waals surface area contributed by atoms with E-state index in [1.807, 2.05) is 6.07 Å². The minimum absolute atomic E-state index is 0.0510. The zero-order valence-electron chi connectivity index (χ0n) is 10.9. The Kier molecular flexibility index (Phi) is 3.22. The van der Waals surface area contributed by atoms with E-state index in [1.54, 1.807) is 12.1 Å². The number of carboxylic acids is 1. The van der Waals surface area contributed by atoms with Crippen molar-refractivity contribution in [3.63, 3.8) is 0 Å². The summed E-state index contributed by atoms with van der Waals surface area (Å²) in [4.78, 5) is 23.5. The van der Waals surface area contributed by atoms with E-state index in [9.17, 15) is 9.59 Å². The Labute approximate surface area is 116 Å². The molecule has 1 aromatic rings. The van der Waals surface area contributed by atoms with E-state index >= 15 is 0 Å². The molecule has 0 aromatic heterocycles. The second kappa shape index (κ2) is 5.03. The Morgan fingerprint density at radius 2 is 2.20 bits per heavy atom. The normalized spacial score (nSPS) is 18.2. The number of carboxylic acid groups (broad SMARTS) is 1. The largest absolute Gasteiger partial charge is 0.489 e. The highest BCUT2D eigenvalue weighted by Gasteiger charge is 2.37. The number of para-hydroxylation sites is 1. The van der Waals surface area contributed by atoms with Gasteiger partial charge in [-0.1, -0.05) is 6.07 Å². The molecule has 6 nitrogen and oxygen atoms in total. The van der Waals surface area contributed by atoms with Crippen LogP contribution in [-0.4, -0.2) is 36.2 Å². The van der Waals surface area contributed by atoms with Crippen LogP contribution in [0.15, 0.2) is 18.2 Å². The zero-order chi connectivity index (χ0) is 14.1. The maximum Gasteiger partial charge on any atom is 0.326 e. The van der Waals surface area contributed by atoms with E-state index < -0.39 is 17.9 Å². The number of fused-ring (bicyclic) bond motifs is 1. The predicted octanol–water partition coefficient (Wildman–Crippen LogP) is 1.08. The minimum atomic E-state index is -0.982. The molecule has 1 saturated carbocycles. The van der Waals surface area contributed by atoms with Gasteiger partial charge >= 0.3 is 5.97 Å². The molecule has 3 rings (SSSR count). The molecule has 1 aliphatic heterocycles. The van der Waals surface area contributed by atoms with Crippen LogP contribution in [0.3, 0.4) is 0 Å². The molecule has 0 spiro atoms. The molecular weight excluding hydrogens is 260 g/mol. The summed E-state index contributed by atoms with van der Waals surface area (Å²) in [6, 6.07) is 4.42. The molecule has 0 bridgehead atoms. The zero-order valence-corrected chi connectivity index (χ0v) is 10.9. The number of carbonyl (C=O) groups is 2. The maximum atomic E-state index is 12.3. The molecule has 1 unspecified atom stereocenters. The fraction of sp³-hybridized carbons (Fsp3) is 0.429. The summed E-state index contributed by atoms with van der Waals surface area (Å²) in [6.45, 7) is 1.18. The van der Waals surface area contributed by atoms with Gasteiger partial charge in [-0.25, -0.2) is 4.79 Å². The van der Waals surface area contributed by atoms with Crippen molar-refractivity contribution in [2.24, 2.45) is 5.92 Å². The topological polar surface area (TPSA) is 87.7 Å². The third-order valence-electron chi connectivity index (χ3n) is 3.57. The van der Waals surface area contributed by atoms with Gasteiger partial charge in [0.2, 0.25) is 0 Å². The monoisotopic (exact) mass is 276 g/mol. The van der Waals surface area contributed by atoms with Crippen molar-refractivity contribution in [2.75, 3.05) is 18.5 Å². The Morgan fingerprint density at radius 3 is 2.90 bits per heavy atom. The van der Waals surface area contributed by atoms with Gasteiger partial charge in [0.1, 0.15) is 12.6 Å². The fourth-order valence-electron chi connectivity index (χ4n) is 2.38. The average molecular weight is 276 g/mol. The molecule has 0 saturated heterocycles. The van der Waals surface area contributed by atoms with E-state index in [2.05, 4.69) is 10.6 Å². The van der Waals surface area contributed by atoms with Crippen LogP contribution in [0, 0.1) is 5.92 Å². The van der Waals surface area contributed by atoms with Gasteiger partial charge in [0, 0.05) is 6.54 Å². The molecule has 1 fully saturated rings. The molecule has 0 radical (unpaired) electrons. The lowest BCUT2D eigenvalue weighted by Crippen LogP contribution is -2.42. The summed E-state index contributed by atoms with van der Waals surface area (Å²) in [6.07, 6.45) is 1.70. The summed E-state index contributed by atoms with van der Waals surface area (Å²) in [7, 11) is 0. The smallest absolute Gasteiger partial charge is 0.326 e. The number of nitrogens with one attached hydrogen (secondary N) is 2. The Hall–Kier alpha value is -2.24. The molecule has 2 aliphatic rings. The van der Waals surface area contributed by atoms with Crippen LogP contribution in [0.4, 0.5) is 5.69 Å². The number of aliphatic carboxylic acids is 1. The van der Waals surface area contributed by atoms with Gasteiger partial charge in [0.15, 0.2) is 5.75 Å². The van der Waals surface area contributed by atoms with Gasteiger partial charge < -0.3 is 20.5 Å². The van der Waals surface area contributed by atoms with Crippen molar-refractivity contribution < 1.29 is 19.4 Å². The van der Waals surface area contributed by atoms with E-state index in [4.69, 9.17) is 9.84 Å². The number of benzene rings is 1. The molecule has 3 N–H and O–H groups in total. The highest BCUT2D eigenvalue weighted by atomic mass is 16.5. The average Bonchev–Trinajstić information content (AvgIpc) is 3.28. The van der Waals surface area contributed by atoms with Crippen LogP contribution >= 0.6 is 0 Å². The van der Waals surface area contributed by atoms with Crippen LogP contribution in [0.1, 0.15) is 23.2 Å². The van der Waals surface area contributed by atoms with Gasteiger partial charge in [0.25, 0.3) is 5.91 Å². The van der Waals surface area contributed by atoms with E-state index in [1.165, 1.54) is 0 Å². The Balaban J connectivity index is 1.81. The second-order valence-electron chi connectivity index (χ2n) is 5.08. The summed E-state index contributed by atoms with van der Waals surface area (Å²) in [5, 5.41) is 14.9. The number of anilines is 1. The maximum absolute atomic E-state index is 12.3. The molecule has 106 valence electrons. The van der Waals surface area contributed by atoms with Gasteiger partial charge in [-0.05, 0) is 30.9 Å². The van der Waals surface area contributed by atoms with Crippen LogP contribution in [0.25, 0.3) is 0 Å². The minimum Gasteiger partial charge on any atom is -0.489 e. The quantitative estimate of drug-likeness (QED) is 0.766. The lowest BCUT2D eigenvalue weighted by Gasteiger charge is -2.22. The molecule has 6 heteroatoms. The van der Waals surface area contributed by atoms with Gasteiger partial charge in [0.05, 0.1) is 11.3 Å². The van der Waals surface area contributed by atoms with E-state index in [0.29, 0.717) is 24.5 Å². The Bertz CT molecular complexity index is 554. The molecular formula is C14H16N2O4. The number of carbonyl (C=O) groups excluding carboxylic acids is 1. The second-order valence-corrected chi connectivity index (χ2v) is 5.08. The number of hydrogen-bond donors (Lipinski definition) is 3. The molecule has 1 aliphatic carbocycles. The number of rotatable bonds is 4. The number of hydrogen-bond acceptors (Lipinski definition) is 4. The van der Waals surface area contributed by atoms with Crippen molar-refractivity contribution in [1.82, 2.24) is 5.32 Å². The molecule has 20 heavy (non-hydrogen) atoms. The van der Waals surface area contributed by atoms with Crippen molar-refractivity contribution in [2.45, 2.75) is 18.9 Å². The number of amides is 1. The highest BCUT2D eigenvalue weighted by molar-refractivity contribution is 6.00. The van der Waals surface area contributed by atoms with Crippen molar-refractivity contribution in [3.8, 4) is 5.75 Å². The standard InChI is InChI=1S/C14H16N2O4/c17-13(16-11(14(18)19)8-4-5-8)9-2-1-3-10-12(9)20-7-6-15-10/h1-3,8,11,15H,4-7H2,(H,16,17)(H,18,19). The summed E-state index contributed by atoms with van der Waals surface area (Å²) < 4.78 is 5.52. The third-order valence-corrected chi connectivity index (χ3v) is 3.57. The van der Waals surface area contributed by atoms with Crippen LogP contribution in [0.2, 0.25) is 0 Å². The van der Waals surface area contributed by atoms with Gasteiger partial charge in [-0.3, -0.25) is 4.79 Å². The fourth-order valence-corrected chi connectivity index (χ4v) is 2.38. The first-order valence-corrected chi connectivity index (χ1v) is 6.70. The lowest BCUT2D eigenvalue weighted by atomic mass is 10.1. The number of ether oxygens (including phenoxy) is 1. The Morgan fingerprint density at radius 1 is 1.40 bits per heavy atom. The first-order valence-electron chi connectivity index (χ1n) is 6.70. The molecule has 1 aromatic carbocycles. The van der Waals surface area contributed by atoms with Crippen molar-refractivity contribution >= 4 is 17.6 Å². The van der Waals surface area contributed by atoms with E-state index in [-0.39, 0.29) is 5.92 Å². The molecule has 1 amide bonds. The first-order chi connectivity index (χ1) is 9.66. The summed E-state index contributed by atoms with van der Waals surface area (Å²) >= 11 is 0. The van der Waals surface area contributed by atoms with Gasteiger partial charge in [-0.15, -0.1) is 0 Å². The van der Waals surface area contributed by atoms with Crippen molar-refractivity contribution in [3.05, 3.63) is 23.8 Å². The SMILES string of the molecule is O=C(NC(C(=O)O)C1CC1)c1cccc2c1OCCN2. The molecule has 1 atom stereocenters. The van der Waals surface area contributed by atoms with Crippen LogP contribution in [0.5, 0.6) is 5.75 Å².